The molecule has 3 amide bonds. The minimum Gasteiger partial charge on any atom is -0.376 e. The maximum absolute atomic E-state index is 13.6. The molecule has 4 rings (SSSR count). The molecule has 3 saturated heterocycles. The van der Waals surface area contributed by atoms with Crippen LogP contribution in [0.5, 0.6) is 0 Å². The first kappa shape index (κ1) is 22.6. The molecule has 0 bridgehead atoms. The first-order valence-electron chi connectivity index (χ1n) is 11.7. The van der Waals surface area contributed by atoms with Crippen LogP contribution in [0.15, 0.2) is 30.3 Å². The van der Waals surface area contributed by atoms with Crippen molar-refractivity contribution in [2.24, 2.45) is 5.92 Å². The molecule has 3 aliphatic rings. The molecular formula is C24H34N4O4. The first-order chi connectivity index (χ1) is 15.4. The van der Waals surface area contributed by atoms with Crippen molar-refractivity contribution in [3.05, 3.63) is 30.3 Å². The lowest BCUT2D eigenvalue weighted by atomic mass is 9.85. The number of hydrogen-bond donors (Lipinski definition) is 1. The molecule has 0 aliphatic carbocycles. The molecule has 0 aromatic heterocycles. The van der Waals surface area contributed by atoms with Crippen LogP contribution in [-0.2, 0) is 19.1 Å². The zero-order chi connectivity index (χ0) is 22.7. The number of piperidine rings is 1. The molecule has 3 fully saturated rings. The van der Waals surface area contributed by atoms with Gasteiger partial charge in [0.2, 0.25) is 11.8 Å². The molecular weight excluding hydrogens is 408 g/mol. The number of nitrogens with zero attached hydrogens (tertiary/aromatic N) is 3. The number of nitrogens with one attached hydrogen (secondary N) is 1. The van der Waals surface area contributed by atoms with E-state index in [0.29, 0.717) is 39.1 Å². The van der Waals surface area contributed by atoms with E-state index in [2.05, 4.69) is 10.2 Å². The van der Waals surface area contributed by atoms with Crippen molar-refractivity contribution in [3.63, 3.8) is 0 Å². The summed E-state index contributed by atoms with van der Waals surface area (Å²) in [6.45, 7) is 6.54. The Morgan fingerprint density at radius 3 is 2.53 bits per heavy atom. The Bertz CT molecular complexity index is 830. The summed E-state index contributed by atoms with van der Waals surface area (Å²) in [5.74, 6) is -0.115. The number of hydrogen-bond acceptors (Lipinski definition) is 5. The SMILES string of the molecule is CC(C)C(=O)N1CCC2(CC1)C(=O)N(CC(=O)NCC1CCCO1)CN2c1ccccc1. The average Bonchev–Trinajstić information content (AvgIpc) is 3.41. The second kappa shape index (κ2) is 9.48. The lowest BCUT2D eigenvalue weighted by Gasteiger charge is -2.43. The van der Waals surface area contributed by atoms with Crippen LogP contribution in [0.25, 0.3) is 0 Å². The third-order valence-electron chi connectivity index (χ3n) is 6.86. The largest absolute Gasteiger partial charge is 0.376 e. The summed E-state index contributed by atoms with van der Waals surface area (Å²) in [6, 6.07) is 9.88. The fraction of sp³-hybridized carbons (Fsp3) is 0.625. The highest BCUT2D eigenvalue weighted by Gasteiger charge is 2.54. The van der Waals surface area contributed by atoms with Gasteiger partial charge in [-0.3, -0.25) is 14.4 Å². The van der Waals surface area contributed by atoms with Crippen molar-refractivity contribution in [1.82, 2.24) is 15.1 Å². The Hall–Kier alpha value is -2.61. The van der Waals surface area contributed by atoms with E-state index < -0.39 is 5.54 Å². The molecule has 8 nitrogen and oxygen atoms in total. The van der Waals surface area contributed by atoms with Crippen LogP contribution in [0.3, 0.4) is 0 Å². The van der Waals surface area contributed by atoms with E-state index in [4.69, 9.17) is 4.74 Å². The summed E-state index contributed by atoms with van der Waals surface area (Å²) in [5.41, 5.74) is 0.246. The van der Waals surface area contributed by atoms with Crippen LogP contribution in [-0.4, -0.2) is 78.6 Å². The summed E-state index contributed by atoms with van der Waals surface area (Å²) in [7, 11) is 0. The van der Waals surface area contributed by atoms with Crippen molar-refractivity contribution in [1.29, 1.82) is 0 Å². The van der Waals surface area contributed by atoms with Crippen LogP contribution >= 0.6 is 0 Å². The molecule has 174 valence electrons. The summed E-state index contributed by atoms with van der Waals surface area (Å²) < 4.78 is 5.57. The maximum atomic E-state index is 13.6. The average molecular weight is 443 g/mol. The van der Waals surface area contributed by atoms with Crippen LogP contribution in [0.2, 0.25) is 0 Å². The lowest BCUT2D eigenvalue weighted by Crippen LogP contribution is -2.58. The van der Waals surface area contributed by atoms with Crippen molar-refractivity contribution >= 4 is 23.4 Å². The molecule has 0 radical (unpaired) electrons. The highest BCUT2D eigenvalue weighted by Crippen LogP contribution is 2.39. The molecule has 1 aromatic carbocycles. The quantitative estimate of drug-likeness (QED) is 0.724. The fourth-order valence-electron chi connectivity index (χ4n) is 5.05. The van der Waals surface area contributed by atoms with Crippen molar-refractivity contribution in [3.8, 4) is 0 Å². The van der Waals surface area contributed by atoms with Crippen molar-refractivity contribution < 1.29 is 19.1 Å². The Labute approximate surface area is 189 Å². The van der Waals surface area contributed by atoms with Gasteiger partial charge in [0.1, 0.15) is 12.1 Å². The number of carbonyl (C=O) groups is 3. The second-order valence-corrected chi connectivity index (χ2v) is 9.36. The van der Waals surface area contributed by atoms with Gasteiger partial charge in [-0.05, 0) is 37.8 Å². The minimum absolute atomic E-state index is 0.0229. The molecule has 1 unspecified atom stereocenters. The normalized spacial score (nSPS) is 22.8. The molecule has 3 heterocycles. The molecule has 32 heavy (non-hydrogen) atoms. The molecule has 1 spiro atoms. The summed E-state index contributed by atoms with van der Waals surface area (Å²) in [5, 5.41) is 2.92. The molecule has 0 saturated carbocycles. The first-order valence-corrected chi connectivity index (χ1v) is 11.7. The molecule has 3 aliphatic heterocycles. The van der Waals surface area contributed by atoms with E-state index in [-0.39, 0.29) is 36.3 Å². The van der Waals surface area contributed by atoms with Gasteiger partial charge in [0, 0.05) is 37.8 Å². The number of likely N-dealkylation sites (tertiary alicyclic amines) is 1. The second-order valence-electron chi connectivity index (χ2n) is 9.36. The van der Waals surface area contributed by atoms with Crippen molar-refractivity contribution in [2.45, 2.75) is 51.2 Å². The summed E-state index contributed by atoms with van der Waals surface area (Å²) >= 11 is 0. The predicted octanol–water partition coefficient (Wildman–Crippen LogP) is 1.61. The van der Waals surface area contributed by atoms with E-state index in [9.17, 15) is 14.4 Å². The standard InChI is InChI=1S/C24H34N4O4/c1-18(2)22(30)26-12-10-24(11-13-26)23(31)27(17-28(24)19-7-4-3-5-8-19)16-21(29)25-15-20-9-6-14-32-20/h3-5,7-8,18,20H,6,9-17H2,1-2H3,(H,25,29). The molecule has 1 atom stereocenters. The van der Waals surface area contributed by atoms with Crippen LogP contribution < -0.4 is 10.2 Å². The Morgan fingerprint density at radius 1 is 1.19 bits per heavy atom. The zero-order valence-corrected chi connectivity index (χ0v) is 19.1. The summed E-state index contributed by atoms with van der Waals surface area (Å²) in [6.07, 6.45) is 3.18. The number of benzene rings is 1. The van der Waals surface area contributed by atoms with E-state index in [0.717, 1.165) is 25.1 Å². The fourth-order valence-corrected chi connectivity index (χ4v) is 5.05. The van der Waals surface area contributed by atoms with Gasteiger partial charge in [-0.25, -0.2) is 0 Å². The smallest absolute Gasteiger partial charge is 0.250 e. The summed E-state index contributed by atoms with van der Waals surface area (Å²) in [4.78, 5) is 44.4. The number of anilines is 1. The van der Waals surface area contributed by atoms with E-state index in [1.807, 2.05) is 49.1 Å². The van der Waals surface area contributed by atoms with Gasteiger partial charge >= 0.3 is 0 Å². The van der Waals surface area contributed by atoms with E-state index in [1.165, 1.54) is 0 Å². The van der Waals surface area contributed by atoms with Gasteiger partial charge < -0.3 is 24.8 Å². The zero-order valence-electron chi connectivity index (χ0n) is 19.1. The number of amides is 3. The third kappa shape index (κ3) is 4.46. The molecule has 1 aromatic rings. The minimum atomic E-state index is -0.718. The van der Waals surface area contributed by atoms with Gasteiger partial charge in [0.25, 0.3) is 5.91 Å². The Morgan fingerprint density at radius 2 is 1.91 bits per heavy atom. The van der Waals surface area contributed by atoms with E-state index >= 15 is 0 Å². The highest BCUT2D eigenvalue weighted by molar-refractivity contribution is 5.96. The monoisotopic (exact) mass is 442 g/mol. The lowest BCUT2D eigenvalue weighted by molar-refractivity contribution is -0.141. The van der Waals surface area contributed by atoms with E-state index in [1.54, 1.807) is 4.90 Å². The third-order valence-corrected chi connectivity index (χ3v) is 6.86. The Kier molecular flexibility index (Phi) is 6.69. The Balaban J connectivity index is 1.47. The molecule has 8 heteroatoms. The van der Waals surface area contributed by atoms with Gasteiger partial charge in [-0.15, -0.1) is 0 Å². The predicted molar refractivity (Wildman–Crippen MR) is 121 cm³/mol. The topological polar surface area (TPSA) is 82.2 Å². The number of para-hydroxylation sites is 1. The van der Waals surface area contributed by atoms with Crippen LogP contribution in [0.1, 0.15) is 39.5 Å². The van der Waals surface area contributed by atoms with Gasteiger partial charge in [-0.2, -0.15) is 0 Å². The van der Waals surface area contributed by atoms with Gasteiger partial charge in [-0.1, -0.05) is 32.0 Å². The van der Waals surface area contributed by atoms with Gasteiger partial charge in [0.15, 0.2) is 0 Å². The van der Waals surface area contributed by atoms with Gasteiger partial charge in [0.05, 0.1) is 12.8 Å². The number of carbonyl (C=O) groups excluding carboxylic acids is 3. The number of rotatable bonds is 6. The maximum Gasteiger partial charge on any atom is 0.250 e. The van der Waals surface area contributed by atoms with Crippen molar-refractivity contribution in [2.75, 3.05) is 44.4 Å². The highest BCUT2D eigenvalue weighted by atomic mass is 16.5. The van der Waals surface area contributed by atoms with Crippen LogP contribution in [0, 0.1) is 5.92 Å². The van der Waals surface area contributed by atoms with Crippen LogP contribution in [0.4, 0.5) is 5.69 Å². The number of ether oxygens (including phenoxy) is 1. The molecule has 1 N–H and O–H groups in total.